The summed E-state index contributed by atoms with van der Waals surface area (Å²) in [6.45, 7) is 3.18. The maximum atomic E-state index is 12.7. The van der Waals surface area contributed by atoms with E-state index >= 15 is 0 Å². The van der Waals surface area contributed by atoms with E-state index in [1.54, 1.807) is 36.3 Å². The Kier molecular flexibility index (Phi) is 13.9. The molecule has 6 nitrogen and oxygen atoms in total. The number of rotatable bonds is 4. The third kappa shape index (κ3) is 11.4. The highest BCUT2D eigenvalue weighted by molar-refractivity contribution is 9.10. The minimum Gasteiger partial charge on any atom is -0.495 e. The van der Waals surface area contributed by atoms with Crippen molar-refractivity contribution in [3.8, 4) is 11.5 Å². The molecule has 15 heteroatoms. The highest BCUT2D eigenvalue weighted by Crippen LogP contribution is 2.32. The smallest absolute Gasteiger partial charge is 0.416 e. The number of halogens is 9. The summed E-state index contributed by atoms with van der Waals surface area (Å²) in [5, 5.41) is 9.99. The number of nitrogens with one attached hydrogen (secondary N) is 3. The second-order valence-corrected chi connectivity index (χ2v) is 11.7. The summed E-state index contributed by atoms with van der Waals surface area (Å²) in [5.74, 6) is 1.15. The molecule has 0 amide bonds. The van der Waals surface area contributed by atoms with Crippen molar-refractivity contribution in [2.24, 2.45) is 0 Å². The van der Waals surface area contributed by atoms with Crippen LogP contribution in [0.3, 0.4) is 0 Å². The van der Waals surface area contributed by atoms with Gasteiger partial charge in [-0.15, -0.1) is 0 Å². The molecule has 0 radical (unpaired) electrons. The normalized spacial score (nSPS) is 18.6. The van der Waals surface area contributed by atoms with Gasteiger partial charge in [0.2, 0.25) is 0 Å². The van der Waals surface area contributed by atoms with E-state index in [-0.39, 0.29) is 19.1 Å². The number of alkyl halides is 6. The van der Waals surface area contributed by atoms with Gasteiger partial charge >= 0.3 is 12.4 Å². The van der Waals surface area contributed by atoms with Crippen LogP contribution in [0.1, 0.15) is 17.2 Å². The van der Waals surface area contributed by atoms with Gasteiger partial charge in [0, 0.05) is 61.5 Å². The molecule has 0 aromatic heterocycles. The van der Waals surface area contributed by atoms with Gasteiger partial charge in [0.25, 0.3) is 0 Å². The zero-order valence-corrected chi connectivity index (χ0v) is 27.4. The number of benzene rings is 3. The SMILES string of the molecule is COc1cc(Br)ccc1Cl.COc1cc(N2CCNC(C(F)(F)F)C2)ccc1Cl.FC(F)(F)c1ccc(C2CNCCN2)cc1. The van der Waals surface area contributed by atoms with Crippen molar-refractivity contribution in [2.75, 3.05) is 58.4 Å². The third-order valence-electron chi connectivity index (χ3n) is 6.86. The van der Waals surface area contributed by atoms with Crippen molar-refractivity contribution in [3.05, 3.63) is 86.3 Å². The largest absolute Gasteiger partial charge is 0.495 e. The minimum atomic E-state index is -4.25. The van der Waals surface area contributed by atoms with Crippen LogP contribution in [0.5, 0.6) is 11.5 Å². The molecule has 5 rings (SSSR count). The number of hydrogen-bond donors (Lipinski definition) is 3. The summed E-state index contributed by atoms with van der Waals surface area (Å²) in [4.78, 5) is 1.67. The van der Waals surface area contributed by atoms with E-state index in [1.807, 2.05) is 12.1 Å². The van der Waals surface area contributed by atoms with Gasteiger partial charge < -0.3 is 30.3 Å². The fourth-order valence-corrected chi connectivity index (χ4v) is 5.21. The lowest BCUT2D eigenvalue weighted by atomic mass is 10.0. The maximum absolute atomic E-state index is 12.7. The van der Waals surface area contributed by atoms with Gasteiger partial charge in [-0.25, -0.2) is 0 Å². The quantitative estimate of drug-likeness (QED) is 0.238. The highest BCUT2D eigenvalue weighted by atomic mass is 79.9. The molecular formula is C30H33BrCl2F6N4O2. The van der Waals surface area contributed by atoms with Crippen molar-refractivity contribution in [1.29, 1.82) is 0 Å². The third-order valence-corrected chi connectivity index (χ3v) is 7.98. The molecule has 2 unspecified atom stereocenters. The zero-order valence-electron chi connectivity index (χ0n) is 24.3. The van der Waals surface area contributed by atoms with Crippen LogP contribution in [0.2, 0.25) is 10.0 Å². The standard InChI is InChI=1S/C12H14ClF3N2O.C11H13F3N2.C7H6BrClO/c1-19-10-6-8(2-3-9(10)13)18-5-4-17-11(7-18)12(14,15)16;12-11(13,14)9-3-1-8(2-4-9)10-7-15-5-6-16-10;1-10-7-4-5(8)2-3-6(7)9/h2-3,6,11,17H,4-5,7H2,1H3;1-4,10,15-16H,5-7H2;2-4H,1H3. The predicted octanol–water partition coefficient (Wildman–Crippen LogP) is 7.74. The topological polar surface area (TPSA) is 57.8 Å². The second-order valence-electron chi connectivity index (χ2n) is 9.92. The van der Waals surface area contributed by atoms with Crippen molar-refractivity contribution in [1.82, 2.24) is 16.0 Å². The van der Waals surface area contributed by atoms with E-state index in [0.29, 0.717) is 33.8 Å². The fourth-order valence-electron chi connectivity index (χ4n) is 4.48. The van der Waals surface area contributed by atoms with Crippen molar-refractivity contribution in [3.63, 3.8) is 0 Å². The lowest BCUT2D eigenvalue weighted by Crippen LogP contribution is -2.57. The zero-order chi connectivity index (χ0) is 33.2. The average Bonchev–Trinajstić information content (AvgIpc) is 3.03. The molecule has 2 aliphatic rings. The molecule has 2 saturated heterocycles. The van der Waals surface area contributed by atoms with Gasteiger partial charge in [-0.3, -0.25) is 0 Å². The summed E-state index contributed by atoms with van der Waals surface area (Å²) >= 11 is 14.9. The lowest BCUT2D eigenvalue weighted by Gasteiger charge is -2.36. The molecule has 2 aliphatic heterocycles. The first-order valence-electron chi connectivity index (χ1n) is 13.7. The molecular weight excluding hydrogens is 713 g/mol. The van der Waals surface area contributed by atoms with Gasteiger partial charge in [0.1, 0.15) is 17.5 Å². The van der Waals surface area contributed by atoms with Crippen molar-refractivity contribution < 1.29 is 35.8 Å². The minimum absolute atomic E-state index is 0.107. The first-order chi connectivity index (χ1) is 21.2. The number of methoxy groups -OCH3 is 2. The van der Waals surface area contributed by atoms with E-state index in [2.05, 4.69) is 31.9 Å². The number of ether oxygens (including phenoxy) is 2. The first-order valence-corrected chi connectivity index (χ1v) is 15.3. The summed E-state index contributed by atoms with van der Waals surface area (Å²) in [6, 6.07) is 14.4. The van der Waals surface area contributed by atoms with E-state index in [4.69, 9.17) is 32.7 Å². The van der Waals surface area contributed by atoms with Crippen LogP contribution in [0.25, 0.3) is 0 Å². The van der Waals surface area contributed by atoms with Crippen LogP contribution in [0.4, 0.5) is 32.0 Å². The van der Waals surface area contributed by atoms with E-state index in [1.165, 1.54) is 19.2 Å². The van der Waals surface area contributed by atoms with E-state index in [0.717, 1.165) is 41.8 Å². The van der Waals surface area contributed by atoms with Gasteiger partial charge in [-0.1, -0.05) is 51.3 Å². The Balaban J connectivity index is 0.000000193. The number of nitrogens with zero attached hydrogens (tertiary/aromatic N) is 1. The Morgan fingerprint density at radius 2 is 1.42 bits per heavy atom. The molecule has 0 saturated carbocycles. The molecule has 2 atom stereocenters. The Morgan fingerprint density at radius 1 is 0.800 bits per heavy atom. The fraction of sp³-hybridized carbons (Fsp3) is 0.400. The highest BCUT2D eigenvalue weighted by Gasteiger charge is 2.42. The molecule has 3 aromatic rings. The average molecular weight is 746 g/mol. The van der Waals surface area contributed by atoms with E-state index < -0.39 is 24.0 Å². The molecule has 3 aromatic carbocycles. The molecule has 248 valence electrons. The monoisotopic (exact) mass is 744 g/mol. The van der Waals surface area contributed by atoms with Crippen molar-refractivity contribution >= 4 is 44.8 Å². The van der Waals surface area contributed by atoms with Crippen molar-refractivity contribution in [2.45, 2.75) is 24.4 Å². The predicted molar refractivity (Wildman–Crippen MR) is 169 cm³/mol. The maximum Gasteiger partial charge on any atom is 0.416 e. The molecule has 3 N–H and O–H groups in total. The summed E-state index contributed by atoms with van der Waals surface area (Å²) in [5.41, 5.74) is 0.970. The van der Waals surface area contributed by atoms with Crippen LogP contribution in [0.15, 0.2) is 65.1 Å². The molecule has 0 aliphatic carbocycles. The van der Waals surface area contributed by atoms with Crippen LogP contribution < -0.4 is 30.3 Å². The van der Waals surface area contributed by atoms with Gasteiger partial charge in [-0.2, -0.15) is 26.3 Å². The number of hydrogen-bond acceptors (Lipinski definition) is 6. The number of anilines is 1. The van der Waals surface area contributed by atoms with E-state index in [9.17, 15) is 26.3 Å². The Hall–Kier alpha value is -2.42. The van der Waals surface area contributed by atoms with Crippen LogP contribution in [-0.2, 0) is 6.18 Å². The van der Waals surface area contributed by atoms with Gasteiger partial charge in [0.05, 0.1) is 29.8 Å². The molecule has 0 spiro atoms. The molecule has 0 bridgehead atoms. The molecule has 2 fully saturated rings. The summed E-state index contributed by atoms with van der Waals surface area (Å²) in [6.07, 6.45) is -8.49. The lowest BCUT2D eigenvalue weighted by molar-refractivity contribution is -0.155. The summed E-state index contributed by atoms with van der Waals surface area (Å²) in [7, 11) is 3.06. The second kappa shape index (κ2) is 16.9. The van der Waals surface area contributed by atoms with Crippen LogP contribution >= 0.6 is 39.1 Å². The van der Waals surface area contributed by atoms with Crippen LogP contribution in [0, 0.1) is 0 Å². The number of piperazine rings is 2. The Bertz CT molecular complexity index is 1360. The molecule has 45 heavy (non-hydrogen) atoms. The van der Waals surface area contributed by atoms with Gasteiger partial charge in [0.15, 0.2) is 0 Å². The first kappa shape index (κ1) is 37.0. The molecule has 2 heterocycles. The van der Waals surface area contributed by atoms with Crippen LogP contribution in [-0.4, -0.2) is 65.7 Å². The van der Waals surface area contributed by atoms with Gasteiger partial charge in [-0.05, 0) is 48.0 Å². The Morgan fingerprint density at radius 3 is 1.96 bits per heavy atom. The Labute approximate surface area is 276 Å². The summed E-state index contributed by atoms with van der Waals surface area (Å²) < 4.78 is 86.1.